The third-order valence-corrected chi connectivity index (χ3v) is 6.68. The molecule has 1 saturated heterocycles. The number of ether oxygens (including phenoxy) is 1. The van der Waals surface area contributed by atoms with Crippen LogP contribution in [0.4, 0.5) is 17.5 Å². The number of nitrogens with one attached hydrogen (secondary N) is 1. The molecule has 3 aromatic rings. The van der Waals surface area contributed by atoms with E-state index < -0.39 is 0 Å². The Morgan fingerprint density at radius 2 is 1.83 bits per heavy atom. The highest BCUT2D eigenvalue weighted by atomic mass is 16.5. The molecule has 6 rings (SSSR count). The van der Waals surface area contributed by atoms with Crippen molar-refractivity contribution in [3.05, 3.63) is 58.6 Å². The summed E-state index contributed by atoms with van der Waals surface area (Å²) < 4.78 is 10.9. The summed E-state index contributed by atoms with van der Waals surface area (Å²) >= 11 is 0. The predicted octanol–water partition coefficient (Wildman–Crippen LogP) is 4.70. The van der Waals surface area contributed by atoms with E-state index in [1.807, 2.05) is 18.7 Å². The molecule has 1 saturated carbocycles. The molecule has 0 spiro atoms. The number of carbonyl (C=O) groups is 1. The minimum Gasteiger partial charge on any atom is -0.378 e. The topological polar surface area (TPSA) is 96.6 Å². The molecular weight excluding hydrogens is 456 g/mol. The summed E-state index contributed by atoms with van der Waals surface area (Å²) in [4.78, 5) is 26.9. The van der Waals surface area contributed by atoms with Crippen molar-refractivity contribution >= 4 is 23.4 Å². The van der Waals surface area contributed by atoms with Crippen LogP contribution in [0.1, 0.15) is 67.1 Å². The number of amides is 1. The van der Waals surface area contributed by atoms with E-state index >= 15 is 0 Å². The Morgan fingerprint density at radius 1 is 1.08 bits per heavy atom. The number of hydrogen-bond donors (Lipinski definition) is 1. The van der Waals surface area contributed by atoms with Crippen LogP contribution in [0.5, 0.6) is 0 Å². The summed E-state index contributed by atoms with van der Waals surface area (Å²) in [5.74, 6) is 2.61. The number of fused-ring (bicyclic) bond motifs is 1. The minimum absolute atomic E-state index is 0. The lowest BCUT2D eigenvalue weighted by atomic mass is 10.0. The van der Waals surface area contributed by atoms with Crippen molar-refractivity contribution in [2.45, 2.75) is 52.5 Å². The maximum Gasteiger partial charge on any atom is 0.276 e. The van der Waals surface area contributed by atoms with E-state index in [1.54, 1.807) is 6.07 Å². The fourth-order valence-electron chi connectivity index (χ4n) is 4.48. The number of anilines is 3. The molecule has 3 aliphatic rings. The third kappa shape index (κ3) is 5.21. The largest absolute Gasteiger partial charge is 0.378 e. The Hall–Kier alpha value is -3.46. The van der Waals surface area contributed by atoms with Crippen molar-refractivity contribution in [3.8, 4) is 0 Å². The van der Waals surface area contributed by atoms with Gasteiger partial charge in [0.05, 0.1) is 25.5 Å². The number of aryl methyl sites for hydroxylation is 1. The molecule has 1 aromatic carbocycles. The molecule has 9 nitrogen and oxygen atoms in total. The number of rotatable bonds is 5. The minimum atomic E-state index is -0.110. The Bertz CT molecular complexity index is 1210. The van der Waals surface area contributed by atoms with Crippen molar-refractivity contribution in [3.63, 3.8) is 0 Å². The smallest absolute Gasteiger partial charge is 0.276 e. The molecule has 0 atom stereocenters. The van der Waals surface area contributed by atoms with Gasteiger partial charge < -0.3 is 24.4 Å². The van der Waals surface area contributed by atoms with Gasteiger partial charge >= 0.3 is 0 Å². The first kappa shape index (κ1) is 24.2. The lowest BCUT2D eigenvalue weighted by Crippen LogP contribution is -2.40. The van der Waals surface area contributed by atoms with Crippen molar-refractivity contribution in [2.75, 3.05) is 43.1 Å². The Balaban J connectivity index is 0.00000104. The van der Waals surface area contributed by atoms with Gasteiger partial charge in [0.1, 0.15) is 11.6 Å². The molecule has 1 aliphatic carbocycles. The summed E-state index contributed by atoms with van der Waals surface area (Å²) in [6.45, 7) is 9.87. The number of hydrogen-bond acceptors (Lipinski definition) is 8. The lowest BCUT2D eigenvalue weighted by Gasteiger charge is -2.32. The first-order chi connectivity index (χ1) is 17.6. The highest BCUT2D eigenvalue weighted by molar-refractivity contribution is 5.92. The molecule has 192 valence electrons. The fraction of sp³-hybridized carbons (Fsp3) is 0.481. The summed E-state index contributed by atoms with van der Waals surface area (Å²) in [5, 5.41) is 7.54. The zero-order valence-corrected chi connectivity index (χ0v) is 21.3. The number of benzene rings is 1. The molecule has 1 N–H and O–H groups in total. The van der Waals surface area contributed by atoms with Gasteiger partial charge in [-0.15, -0.1) is 0 Å². The van der Waals surface area contributed by atoms with Crippen LogP contribution >= 0.6 is 0 Å². The highest BCUT2D eigenvalue weighted by Gasteiger charge is 2.32. The summed E-state index contributed by atoms with van der Waals surface area (Å²) in [7, 11) is 0. The number of morpholine rings is 1. The van der Waals surface area contributed by atoms with Crippen LogP contribution in [0.3, 0.4) is 0 Å². The molecule has 2 aromatic heterocycles. The van der Waals surface area contributed by atoms with Crippen LogP contribution in [0.2, 0.25) is 0 Å². The second-order valence-corrected chi connectivity index (χ2v) is 9.25. The van der Waals surface area contributed by atoms with Crippen LogP contribution in [-0.2, 0) is 17.7 Å². The third-order valence-electron chi connectivity index (χ3n) is 6.68. The van der Waals surface area contributed by atoms with Gasteiger partial charge in [-0.3, -0.25) is 4.79 Å². The van der Waals surface area contributed by atoms with E-state index in [0.29, 0.717) is 50.3 Å². The zero-order valence-electron chi connectivity index (χ0n) is 21.3. The fourth-order valence-corrected chi connectivity index (χ4v) is 4.48. The first-order valence-electron chi connectivity index (χ1n) is 13.0. The molecule has 4 heterocycles. The van der Waals surface area contributed by atoms with E-state index in [9.17, 15) is 4.79 Å². The molecule has 9 heteroatoms. The summed E-state index contributed by atoms with van der Waals surface area (Å²) in [5.41, 5.74) is 4.49. The van der Waals surface area contributed by atoms with Crippen LogP contribution in [-0.4, -0.2) is 58.8 Å². The van der Waals surface area contributed by atoms with Crippen molar-refractivity contribution < 1.29 is 15.5 Å². The van der Waals surface area contributed by atoms with E-state index in [-0.39, 0.29) is 7.33 Å². The lowest BCUT2D eigenvalue weighted by molar-refractivity contribution is 0.0721. The van der Waals surface area contributed by atoms with Gasteiger partial charge in [0.25, 0.3) is 5.91 Å². The van der Waals surface area contributed by atoms with Crippen LogP contribution < -0.4 is 10.2 Å². The standard InChI is InChI=1S/C25H28N6O3.C2H6.H2/c1-16-2-6-18(7-3-16)26-23-19-8-9-31(24(32)20-14-22(34-29-20)17-4-5-17)15-21(19)27-25(28-23)30-10-12-33-13-11-30;1-2;/h2-3,6-7,14,17H,4-5,8-13,15H2,1H3,(H,26,27,28);1-2H3;1H. The SMILES string of the molecule is CC.Cc1ccc(Nc2nc(N3CCOCC3)nc3c2CCN(C(=O)c2cc(C4CC4)on2)C3)cc1.[HH]. The average Bonchev–Trinajstić information content (AvgIpc) is 3.67. The van der Waals surface area contributed by atoms with E-state index in [1.165, 1.54) is 5.56 Å². The quantitative estimate of drug-likeness (QED) is 0.547. The number of carbonyl (C=O) groups excluding carboxylic acids is 1. The van der Waals surface area contributed by atoms with Crippen molar-refractivity contribution in [1.82, 2.24) is 20.0 Å². The molecule has 0 radical (unpaired) electrons. The summed E-state index contributed by atoms with van der Waals surface area (Å²) in [6.07, 6.45) is 2.89. The predicted molar refractivity (Wildman–Crippen MR) is 140 cm³/mol. The maximum atomic E-state index is 13.2. The van der Waals surface area contributed by atoms with Gasteiger partial charge in [0.2, 0.25) is 5.95 Å². The van der Waals surface area contributed by atoms with Crippen molar-refractivity contribution in [1.29, 1.82) is 0 Å². The molecule has 36 heavy (non-hydrogen) atoms. The molecule has 0 bridgehead atoms. The highest BCUT2D eigenvalue weighted by Crippen LogP contribution is 2.40. The van der Waals surface area contributed by atoms with Gasteiger partial charge in [-0.1, -0.05) is 36.7 Å². The van der Waals surface area contributed by atoms with Crippen LogP contribution in [0, 0.1) is 6.92 Å². The van der Waals surface area contributed by atoms with Gasteiger partial charge in [0.15, 0.2) is 5.69 Å². The van der Waals surface area contributed by atoms with Gasteiger partial charge in [0, 0.05) is 44.3 Å². The van der Waals surface area contributed by atoms with E-state index in [4.69, 9.17) is 19.2 Å². The van der Waals surface area contributed by atoms with Gasteiger partial charge in [-0.05, 0) is 38.3 Å². The average molecular weight is 493 g/mol. The Kier molecular flexibility index (Phi) is 7.18. The van der Waals surface area contributed by atoms with Crippen molar-refractivity contribution in [2.24, 2.45) is 0 Å². The number of nitrogens with zero attached hydrogens (tertiary/aromatic N) is 5. The molecule has 2 aliphatic heterocycles. The Morgan fingerprint density at radius 3 is 2.56 bits per heavy atom. The summed E-state index contributed by atoms with van der Waals surface area (Å²) in [6, 6.07) is 10.1. The monoisotopic (exact) mass is 492 g/mol. The van der Waals surface area contributed by atoms with Crippen LogP contribution in [0.15, 0.2) is 34.9 Å². The van der Waals surface area contributed by atoms with E-state index in [2.05, 4.69) is 46.6 Å². The van der Waals surface area contributed by atoms with Gasteiger partial charge in [-0.25, -0.2) is 4.98 Å². The first-order valence-corrected chi connectivity index (χ1v) is 13.0. The Labute approximate surface area is 213 Å². The second-order valence-electron chi connectivity index (χ2n) is 9.25. The molecule has 1 amide bonds. The maximum absolute atomic E-state index is 13.2. The van der Waals surface area contributed by atoms with E-state index in [0.717, 1.165) is 54.5 Å². The van der Waals surface area contributed by atoms with Crippen LogP contribution in [0.25, 0.3) is 0 Å². The molecule has 0 unspecified atom stereocenters. The second kappa shape index (κ2) is 10.7. The molecule has 2 fully saturated rings. The normalized spacial score (nSPS) is 17.2. The molecular formula is C27H36N6O3. The van der Waals surface area contributed by atoms with Gasteiger partial charge in [-0.2, -0.15) is 4.98 Å². The number of aromatic nitrogens is 3. The zero-order chi connectivity index (χ0) is 25.1.